The lowest BCUT2D eigenvalue weighted by atomic mass is 10.1. The zero-order valence-corrected chi connectivity index (χ0v) is 22.5. The number of pyridine rings is 1. The molecule has 202 valence electrons. The van der Waals surface area contributed by atoms with E-state index in [1.54, 1.807) is 60.9 Å². The summed E-state index contributed by atoms with van der Waals surface area (Å²) < 4.78 is 23.8. The molecule has 0 atom stereocenters. The van der Waals surface area contributed by atoms with Gasteiger partial charge >= 0.3 is 5.97 Å². The van der Waals surface area contributed by atoms with Crippen LogP contribution >= 0.6 is 0 Å². The largest absolute Gasteiger partial charge is 0.490 e. The lowest BCUT2D eigenvalue weighted by Gasteiger charge is -2.18. The van der Waals surface area contributed by atoms with E-state index in [-0.39, 0.29) is 0 Å². The van der Waals surface area contributed by atoms with Crippen molar-refractivity contribution in [3.05, 3.63) is 66.5 Å². The smallest absolute Gasteiger partial charge is 0.343 e. The first-order valence-electron chi connectivity index (χ1n) is 13.3. The summed E-state index contributed by atoms with van der Waals surface area (Å²) in [6, 6.07) is 13.7. The molecule has 0 unspecified atom stereocenters. The molecule has 0 aliphatic rings. The van der Waals surface area contributed by atoms with Gasteiger partial charge in [0.05, 0.1) is 36.8 Å². The van der Waals surface area contributed by atoms with E-state index in [2.05, 4.69) is 36.0 Å². The maximum atomic E-state index is 13.1. The fourth-order valence-corrected chi connectivity index (χ4v) is 3.30. The zero-order valence-electron chi connectivity index (χ0n) is 22.5. The van der Waals surface area contributed by atoms with Crippen LogP contribution in [-0.2, 0) is 0 Å². The Morgan fingerprint density at radius 1 is 0.711 bits per heavy atom. The fourth-order valence-electron chi connectivity index (χ4n) is 3.30. The topological polar surface area (TPSA) is 91.6 Å². The predicted molar refractivity (Wildman–Crippen MR) is 147 cm³/mol. The standard InChI is InChI=1S/C30H37N3O5/c1-4-7-18-35-27-21-23(22-28(36-19-8-5-2)29(27)37-20-9-6-3)30(34)38-26-12-10-24(11-13-26)32-33-25-14-16-31-17-15-25/h10-17,21-22H,4-9,18-20H2,1-3H3. The van der Waals surface area contributed by atoms with E-state index in [0.29, 0.717) is 59.8 Å². The summed E-state index contributed by atoms with van der Waals surface area (Å²) in [6.45, 7) is 7.88. The molecule has 1 heterocycles. The first-order chi connectivity index (χ1) is 18.6. The van der Waals surface area contributed by atoms with Crippen molar-refractivity contribution in [1.82, 2.24) is 4.98 Å². The lowest BCUT2D eigenvalue weighted by molar-refractivity contribution is 0.0733. The third kappa shape index (κ3) is 9.18. The number of benzene rings is 2. The van der Waals surface area contributed by atoms with Crippen LogP contribution in [0.2, 0.25) is 0 Å². The number of carbonyl (C=O) groups excluding carboxylic acids is 1. The Morgan fingerprint density at radius 3 is 1.74 bits per heavy atom. The molecule has 0 N–H and O–H groups in total. The molecule has 0 aliphatic heterocycles. The molecule has 3 aromatic rings. The van der Waals surface area contributed by atoms with Crippen molar-refractivity contribution >= 4 is 17.3 Å². The Hall–Kier alpha value is -3.94. The Kier molecular flexibility index (Phi) is 12.1. The number of hydrogen-bond donors (Lipinski definition) is 0. The SMILES string of the molecule is CCCCOc1cc(C(=O)Oc2ccc(N=Nc3ccncc3)cc2)cc(OCCCC)c1OCCCC. The van der Waals surface area contributed by atoms with Gasteiger partial charge in [-0.15, -0.1) is 0 Å². The van der Waals surface area contributed by atoms with Crippen LogP contribution in [0.3, 0.4) is 0 Å². The summed E-state index contributed by atoms with van der Waals surface area (Å²) >= 11 is 0. The molecule has 0 bridgehead atoms. The van der Waals surface area contributed by atoms with Gasteiger partial charge in [-0.3, -0.25) is 4.98 Å². The Balaban J connectivity index is 1.79. The van der Waals surface area contributed by atoms with Gasteiger partial charge in [-0.25, -0.2) is 4.79 Å². The fraction of sp³-hybridized carbons (Fsp3) is 0.400. The van der Waals surface area contributed by atoms with Crippen molar-refractivity contribution in [2.24, 2.45) is 10.2 Å². The second-order valence-electron chi connectivity index (χ2n) is 8.70. The zero-order chi connectivity index (χ0) is 27.0. The molecular formula is C30H37N3O5. The number of ether oxygens (including phenoxy) is 4. The molecule has 38 heavy (non-hydrogen) atoms. The predicted octanol–water partition coefficient (Wildman–Crippen LogP) is 8.25. The van der Waals surface area contributed by atoms with E-state index in [9.17, 15) is 4.79 Å². The highest BCUT2D eigenvalue weighted by Gasteiger charge is 2.20. The minimum absolute atomic E-state index is 0.326. The van der Waals surface area contributed by atoms with Gasteiger partial charge in [-0.1, -0.05) is 40.0 Å². The molecule has 0 fully saturated rings. The molecule has 8 nitrogen and oxygen atoms in total. The normalized spacial score (nSPS) is 10.9. The van der Waals surface area contributed by atoms with Gasteiger partial charge in [0.15, 0.2) is 11.5 Å². The molecule has 0 aliphatic carbocycles. The first kappa shape index (κ1) is 28.6. The summed E-state index contributed by atoms with van der Waals surface area (Å²) in [6.07, 6.45) is 8.98. The molecule has 0 amide bonds. The van der Waals surface area contributed by atoms with Crippen LogP contribution in [0.5, 0.6) is 23.0 Å². The molecule has 8 heteroatoms. The number of esters is 1. The Morgan fingerprint density at radius 2 is 1.21 bits per heavy atom. The van der Waals surface area contributed by atoms with Crippen molar-refractivity contribution in [1.29, 1.82) is 0 Å². The van der Waals surface area contributed by atoms with Crippen LogP contribution < -0.4 is 18.9 Å². The van der Waals surface area contributed by atoms with Gasteiger partial charge in [0, 0.05) is 12.4 Å². The van der Waals surface area contributed by atoms with E-state index in [4.69, 9.17) is 18.9 Å². The van der Waals surface area contributed by atoms with Crippen LogP contribution in [0.4, 0.5) is 11.4 Å². The number of hydrogen-bond acceptors (Lipinski definition) is 8. The summed E-state index contributed by atoms with van der Waals surface area (Å²) in [4.78, 5) is 17.1. The highest BCUT2D eigenvalue weighted by Crippen LogP contribution is 2.40. The maximum Gasteiger partial charge on any atom is 0.343 e. The van der Waals surface area contributed by atoms with Gasteiger partial charge in [0.2, 0.25) is 5.75 Å². The van der Waals surface area contributed by atoms with E-state index in [1.165, 1.54) is 0 Å². The third-order valence-electron chi connectivity index (χ3n) is 5.50. The third-order valence-corrected chi connectivity index (χ3v) is 5.50. The van der Waals surface area contributed by atoms with Gasteiger partial charge in [-0.05, 0) is 67.8 Å². The van der Waals surface area contributed by atoms with Crippen molar-refractivity contribution < 1.29 is 23.7 Å². The number of carbonyl (C=O) groups is 1. The summed E-state index contributed by atoms with van der Waals surface area (Å²) in [5, 5.41) is 8.37. The minimum Gasteiger partial charge on any atom is -0.490 e. The lowest BCUT2D eigenvalue weighted by Crippen LogP contribution is -2.11. The molecule has 1 aromatic heterocycles. The van der Waals surface area contributed by atoms with E-state index < -0.39 is 5.97 Å². The molecule has 0 saturated carbocycles. The van der Waals surface area contributed by atoms with Crippen LogP contribution in [-0.4, -0.2) is 30.8 Å². The second kappa shape index (κ2) is 16.0. The monoisotopic (exact) mass is 519 g/mol. The van der Waals surface area contributed by atoms with Crippen molar-refractivity contribution in [3.63, 3.8) is 0 Å². The summed E-state index contributed by atoms with van der Waals surface area (Å²) in [5.41, 5.74) is 1.66. The quantitative estimate of drug-likeness (QED) is 0.0819. The molecule has 3 rings (SSSR count). The summed E-state index contributed by atoms with van der Waals surface area (Å²) in [7, 11) is 0. The first-order valence-corrected chi connectivity index (χ1v) is 13.3. The van der Waals surface area contributed by atoms with Gasteiger partial charge < -0.3 is 18.9 Å². The number of nitrogens with zero attached hydrogens (tertiary/aromatic N) is 3. The average molecular weight is 520 g/mol. The van der Waals surface area contributed by atoms with Crippen LogP contribution in [0, 0.1) is 0 Å². The van der Waals surface area contributed by atoms with Crippen molar-refractivity contribution in [2.75, 3.05) is 19.8 Å². The Labute approximate surface area is 225 Å². The minimum atomic E-state index is -0.517. The molecule has 0 saturated heterocycles. The van der Waals surface area contributed by atoms with Crippen LogP contribution in [0.15, 0.2) is 71.2 Å². The maximum absolute atomic E-state index is 13.1. The number of rotatable bonds is 16. The highest BCUT2D eigenvalue weighted by molar-refractivity contribution is 5.92. The molecular weight excluding hydrogens is 482 g/mol. The molecule has 0 spiro atoms. The van der Waals surface area contributed by atoms with Gasteiger partial charge in [0.25, 0.3) is 0 Å². The van der Waals surface area contributed by atoms with E-state index >= 15 is 0 Å². The average Bonchev–Trinajstić information content (AvgIpc) is 2.94. The van der Waals surface area contributed by atoms with E-state index in [0.717, 1.165) is 38.5 Å². The summed E-state index contributed by atoms with van der Waals surface area (Å²) in [5.74, 6) is 1.39. The second-order valence-corrected chi connectivity index (χ2v) is 8.70. The van der Waals surface area contributed by atoms with Crippen LogP contribution in [0.1, 0.15) is 69.7 Å². The Bertz CT molecular complexity index is 1120. The molecule has 2 aromatic carbocycles. The van der Waals surface area contributed by atoms with E-state index in [1.807, 2.05) is 0 Å². The van der Waals surface area contributed by atoms with Crippen LogP contribution in [0.25, 0.3) is 0 Å². The van der Waals surface area contributed by atoms with Crippen molar-refractivity contribution in [3.8, 4) is 23.0 Å². The van der Waals surface area contributed by atoms with Gasteiger partial charge in [-0.2, -0.15) is 10.2 Å². The molecule has 0 radical (unpaired) electrons. The number of unbranched alkanes of at least 4 members (excludes halogenated alkanes) is 3. The highest BCUT2D eigenvalue weighted by atomic mass is 16.5. The van der Waals surface area contributed by atoms with Crippen molar-refractivity contribution in [2.45, 2.75) is 59.3 Å². The van der Waals surface area contributed by atoms with Gasteiger partial charge in [0.1, 0.15) is 5.75 Å². The number of azo groups is 1. The number of aromatic nitrogens is 1.